The molecular weight excluding hydrogens is 402 g/mol. The molecule has 2 saturated heterocycles. The summed E-state index contributed by atoms with van der Waals surface area (Å²) in [5.41, 5.74) is 17.4. The second-order valence-electron chi connectivity index (χ2n) is 6.88. The zero-order valence-corrected chi connectivity index (χ0v) is 16.5. The molecule has 0 unspecified atom stereocenters. The number of pyridine rings is 1. The standard InChI is InChI=1S/C17H20ClN7O2S/c18-12-9(1-4-22-13(12)20)28-15-14(21)24-11(7-23-15)25-5-2-17(3-6-25)10(19)8-27-16(17)26/h1,4,7,10H,2-3,5-6,8,19H2,(H2,20,22)(H2,21,24)/t10-/m1/s1. The molecule has 1 atom stereocenters. The zero-order chi connectivity index (χ0) is 19.9. The summed E-state index contributed by atoms with van der Waals surface area (Å²) < 4.78 is 5.15. The Labute approximate surface area is 171 Å². The summed E-state index contributed by atoms with van der Waals surface area (Å²) in [4.78, 5) is 27.7. The van der Waals surface area contributed by atoms with Crippen molar-refractivity contribution in [3.63, 3.8) is 0 Å². The van der Waals surface area contributed by atoms with Crippen molar-refractivity contribution in [2.24, 2.45) is 11.1 Å². The van der Waals surface area contributed by atoms with Crippen molar-refractivity contribution in [2.45, 2.75) is 28.8 Å². The molecule has 4 heterocycles. The van der Waals surface area contributed by atoms with Gasteiger partial charge in [-0.2, -0.15) is 0 Å². The molecule has 0 bridgehead atoms. The monoisotopic (exact) mass is 421 g/mol. The minimum absolute atomic E-state index is 0.189. The van der Waals surface area contributed by atoms with Crippen molar-refractivity contribution in [1.82, 2.24) is 15.0 Å². The molecule has 28 heavy (non-hydrogen) atoms. The number of hydrogen-bond acceptors (Lipinski definition) is 10. The molecule has 0 amide bonds. The van der Waals surface area contributed by atoms with E-state index in [1.165, 1.54) is 11.8 Å². The maximum absolute atomic E-state index is 12.1. The van der Waals surface area contributed by atoms with Crippen LogP contribution < -0.4 is 22.1 Å². The maximum Gasteiger partial charge on any atom is 0.313 e. The molecule has 2 aromatic rings. The van der Waals surface area contributed by atoms with Crippen LogP contribution in [0.4, 0.5) is 17.5 Å². The highest BCUT2D eigenvalue weighted by Crippen LogP contribution is 2.41. The average Bonchev–Trinajstić information content (AvgIpc) is 2.96. The van der Waals surface area contributed by atoms with E-state index in [0.717, 1.165) is 0 Å². The molecule has 0 radical (unpaired) electrons. The number of halogens is 1. The lowest BCUT2D eigenvalue weighted by Gasteiger charge is -2.39. The number of nitrogens with two attached hydrogens (primary N) is 3. The van der Waals surface area contributed by atoms with Gasteiger partial charge in [-0.1, -0.05) is 23.4 Å². The molecule has 2 aliphatic heterocycles. The van der Waals surface area contributed by atoms with Gasteiger partial charge in [-0.15, -0.1) is 0 Å². The number of ether oxygens (including phenoxy) is 1. The highest BCUT2D eigenvalue weighted by molar-refractivity contribution is 7.99. The molecule has 11 heteroatoms. The number of rotatable bonds is 3. The summed E-state index contributed by atoms with van der Waals surface area (Å²) in [7, 11) is 0. The third kappa shape index (κ3) is 3.21. The number of nitrogen functional groups attached to an aromatic ring is 2. The second kappa shape index (κ2) is 7.26. The summed E-state index contributed by atoms with van der Waals surface area (Å²) in [5, 5.41) is 0.894. The number of piperidine rings is 1. The van der Waals surface area contributed by atoms with Gasteiger partial charge >= 0.3 is 5.97 Å². The van der Waals surface area contributed by atoms with Gasteiger partial charge in [0, 0.05) is 24.2 Å². The lowest BCUT2D eigenvalue weighted by atomic mass is 9.74. The SMILES string of the molecule is Nc1nc(N2CCC3(CC2)C(=O)OC[C@H]3N)cnc1Sc1ccnc(N)c1Cl. The van der Waals surface area contributed by atoms with E-state index in [4.69, 9.17) is 33.5 Å². The highest BCUT2D eigenvalue weighted by atomic mass is 35.5. The number of nitrogens with zero attached hydrogens (tertiary/aromatic N) is 4. The highest BCUT2D eigenvalue weighted by Gasteiger charge is 2.52. The van der Waals surface area contributed by atoms with E-state index in [1.807, 2.05) is 0 Å². The molecule has 2 aromatic heterocycles. The van der Waals surface area contributed by atoms with Gasteiger partial charge in [0.25, 0.3) is 0 Å². The molecule has 1 spiro atoms. The molecule has 0 saturated carbocycles. The zero-order valence-electron chi connectivity index (χ0n) is 15.0. The van der Waals surface area contributed by atoms with E-state index in [-0.39, 0.29) is 17.8 Å². The second-order valence-corrected chi connectivity index (χ2v) is 8.29. The molecule has 2 fully saturated rings. The fourth-order valence-corrected chi connectivity index (χ4v) is 4.58. The topological polar surface area (TPSA) is 146 Å². The lowest BCUT2D eigenvalue weighted by molar-refractivity contribution is -0.147. The number of aromatic nitrogens is 3. The Morgan fingerprint density at radius 2 is 2.00 bits per heavy atom. The molecule has 0 aromatic carbocycles. The lowest BCUT2D eigenvalue weighted by Crippen LogP contribution is -2.51. The minimum Gasteiger partial charge on any atom is -0.464 e. The molecule has 2 aliphatic rings. The average molecular weight is 422 g/mol. The van der Waals surface area contributed by atoms with Crippen molar-refractivity contribution in [1.29, 1.82) is 0 Å². The molecule has 4 rings (SSSR count). The van der Waals surface area contributed by atoms with Crippen molar-refractivity contribution < 1.29 is 9.53 Å². The Balaban J connectivity index is 1.48. The number of anilines is 3. The number of cyclic esters (lactones) is 1. The van der Waals surface area contributed by atoms with E-state index in [2.05, 4.69) is 19.9 Å². The molecule has 148 valence electrons. The third-order valence-corrected chi connectivity index (χ3v) is 6.91. The van der Waals surface area contributed by atoms with Crippen LogP contribution in [-0.2, 0) is 9.53 Å². The van der Waals surface area contributed by atoms with Crippen LogP contribution in [-0.4, -0.2) is 46.7 Å². The van der Waals surface area contributed by atoms with Gasteiger partial charge in [-0.25, -0.2) is 15.0 Å². The Morgan fingerprint density at radius 1 is 1.25 bits per heavy atom. The van der Waals surface area contributed by atoms with Gasteiger partial charge in [0.15, 0.2) is 5.82 Å². The molecule has 0 aliphatic carbocycles. The van der Waals surface area contributed by atoms with E-state index in [0.29, 0.717) is 59.1 Å². The molecule has 9 nitrogen and oxygen atoms in total. The van der Waals surface area contributed by atoms with E-state index in [1.54, 1.807) is 18.5 Å². The first kappa shape index (κ1) is 19.0. The summed E-state index contributed by atoms with van der Waals surface area (Å²) >= 11 is 7.46. The first-order valence-corrected chi connectivity index (χ1v) is 9.98. The van der Waals surface area contributed by atoms with Crippen LogP contribution in [0, 0.1) is 5.41 Å². The van der Waals surface area contributed by atoms with Crippen molar-refractivity contribution in [3.05, 3.63) is 23.5 Å². The van der Waals surface area contributed by atoms with Crippen molar-refractivity contribution in [2.75, 3.05) is 36.1 Å². The third-order valence-electron chi connectivity index (χ3n) is 5.33. The van der Waals surface area contributed by atoms with Crippen molar-refractivity contribution >= 4 is 46.8 Å². The van der Waals surface area contributed by atoms with E-state index >= 15 is 0 Å². The predicted molar refractivity (Wildman–Crippen MR) is 107 cm³/mol. The fraction of sp³-hybridized carbons (Fsp3) is 0.412. The first-order chi connectivity index (χ1) is 13.4. The predicted octanol–water partition coefficient (Wildman–Crippen LogP) is 1.31. The van der Waals surface area contributed by atoms with E-state index in [9.17, 15) is 4.79 Å². The van der Waals surface area contributed by atoms with Crippen LogP contribution in [0.5, 0.6) is 0 Å². The fourth-order valence-electron chi connectivity index (χ4n) is 3.57. The van der Waals surface area contributed by atoms with Crippen molar-refractivity contribution in [3.8, 4) is 0 Å². The molecule has 6 N–H and O–H groups in total. The minimum atomic E-state index is -0.580. The van der Waals surface area contributed by atoms with Gasteiger partial charge in [-0.05, 0) is 18.9 Å². The van der Waals surface area contributed by atoms with Crippen LogP contribution in [0.15, 0.2) is 28.4 Å². The molecular formula is C17H20ClN7O2S. The van der Waals surface area contributed by atoms with Gasteiger partial charge in [0.1, 0.15) is 23.3 Å². The Morgan fingerprint density at radius 3 is 2.64 bits per heavy atom. The first-order valence-electron chi connectivity index (χ1n) is 8.79. The Hall–Kier alpha value is -2.30. The van der Waals surface area contributed by atoms with Gasteiger partial charge < -0.3 is 26.8 Å². The Kier molecular flexibility index (Phi) is 4.94. The number of esters is 1. The van der Waals surface area contributed by atoms with Crippen LogP contribution in [0.2, 0.25) is 5.02 Å². The number of carbonyl (C=O) groups excluding carboxylic acids is 1. The number of carbonyl (C=O) groups is 1. The summed E-state index contributed by atoms with van der Waals surface area (Å²) in [6, 6.07) is 1.49. The van der Waals surface area contributed by atoms with Gasteiger partial charge in [-0.3, -0.25) is 4.79 Å². The van der Waals surface area contributed by atoms with Gasteiger partial charge in [0.2, 0.25) is 0 Å². The van der Waals surface area contributed by atoms with Gasteiger partial charge in [0.05, 0.1) is 22.7 Å². The maximum atomic E-state index is 12.1. The quantitative estimate of drug-likeness (QED) is 0.619. The van der Waals surface area contributed by atoms with Crippen LogP contribution >= 0.6 is 23.4 Å². The number of hydrogen-bond donors (Lipinski definition) is 3. The van der Waals surface area contributed by atoms with Crippen LogP contribution in [0.25, 0.3) is 0 Å². The summed E-state index contributed by atoms with van der Waals surface area (Å²) in [6.07, 6.45) is 4.49. The van der Waals surface area contributed by atoms with Crippen LogP contribution in [0.1, 0.15) is 12.8 Å². The summed E-state index contributed by atoms with van der Waals surface area (Å²) in [5.74, 6) is 1.02. The van der Waals surface area contributed by atoms with Crippen LogP contribution in [0.3, 0.4) is 0 Å². The smallest absolute Gasteiger partial charge is 0.313 e. The Bertz CT molecular complexity index is 920. The normalized spacial score (nSPS) is 21.1. The largest absolute Gasteiger partial charge is 0.464 e. The van der Waals surface area contributed by atoms with E-state index < -0.39 is 5.41 Å². The summed E-state index contributed by atoms with van der Waals surface area (Å²) in [6.45, 7) is 1.56.